The van der Waals surface area contributed by atoms with Crippen LogP contribution in [0.3, 0.4) is 0 Å². The van der Waals surface area contributed by atoms with Crippen LogP contribution in [0, 0.1) is 0 Å². The van der Waals surface area contributed by atoms with Crippen LogP contribution in [-0.4, -0.2) is 91.2 Å². The predicted octanol–water partition coefficient (Wildman–Crippen LogP) is 1.98. The Balaban J connectivity index is 1.39. The number of carbonyl (C=O) groups excluding carboxylic acids is 1. The maximum absolute atomic E-state index is 12.6. The van der Waals surface area contributed by atoms with Gasteiger partial charge in [0.2, 0.25) is 5.91 Å². The van der Waals surface area contributed by atoms with Crippen LogP contribution in [0.1, 0.15) is 19.8 Å². The van der Waals surface area contributed by atoms with Crippen LogP contribution in [0.25, 0.3) is 0 Å². The minimum Gasteiger partial charge on any atom is -0.355 e. The number of rotatable bonds is 6. The largest absolute Gasteiger partial charge is 0.355 e. The zero-order valence-corrected chi connectivity index (χ0v) is 18.0. The first kappa shape index (κ1) is 21.0. The number of nitrogens with zero attached hydrogens (tertiary/aromatic N) is 4. The van der Waals surface area contributed by atoms with E-state index in [1.165, 1.54) is 4.90 Å². The lowest BCUT2D eigenvalue weighted by molar-refractivity contribution is -0.135. The molecule has 3 rings (SSSR count). The molecule has 0 aromatic heterocycles. The molecule has 0 bridgehead atoms. The lowest BCUT2D eigenvalue weighted by Gasteiger charge is -2.39. The number of hydrogen-bond donors (Lipinski definition) is 1. The fourth-order valence-electron chi connectivity index (χ4n) is 3.86. The summed E-state index contributed by atoms with van der Waals surface area (Å²) in [7, 11) is 1.85. The zero-order valence-electron chi connectivity index (χ0n) is 17.1. The number of aliphatic imine (C=N–C) groups is 1. The van der Waals surface area contributed by atoms with Gasteiger partial charge in [-0.3, -0.25) is 14.7 Å². The molecule has 0 spiro atoms. The Bertz CT molecular complexity index is 639. The maximum Gasteiger partial charge on any atom is 0.239 e. The molecule has 28 heavy (non-hydrogen) atoms. The number of guanidine groups is 1. The van der Waals surface area contributed by atoms with Crippen LogP contribution in [-0.2, 0) is 4.79 Å². The van der Waals surface area contributed by atoms with Crippen LogP contribution in [0.15, 0.2) is 40.2 Å². The molecule has 2 heterocycles. The van der Waals surface area contributed by atoms with Gasteiger partial charge in [-0.1, -0.05) is 18.2 Å². The minimum absolute atomic E-state index is 0.0162. The third kappa shape index (κ3) is 5.64. The van der Waals surface area contributed by atoms with E-state index < -0.39 is 0 Å². The fraction of sp³-hybridized carbons (Fsp3) is 0.619. The lowest BCUT2D eigenvalue weighted by Crippen LogP contribution is -2.57. The summed E-state index contributed by atoms with van der Waals surface area (Å²) in [5.74, 6) is 2.27. The van der Waals surface area contributed by atoms with E-state index in [0.29, 0.717) is 5.91 Å². The number of piperazine rings is 1. The van der Waals surface area contributed by atoms with Crippen molar-refractivity contribution in [2.45, 2.75) is 30.7 Å². The molecule has 1 N–H and O–H groups in total. The summed E-state index contributed by atoms with van der Waals surface area (Å²) in [4.78, 5) is 25.0. The van der Waals surface area contributed by atoms with Crippen molar-refractivity contribution in [1.82, 2.24) is 20.0 Å². The third-order valence-corrected chi connectivity index (χ3v) is 6.56. The smallest absolute Gasteiger partial charge is 0.239 e. The molecule has 1 atom stereocenters. The van der Waals surface area contributed by atoms with Crippen molar-refractivity contribution in [3.05, 3.63) is 30.3 Å². The minimum atomic E-state index is -0.0162. The van der Waals surface area contributed by atoms with E-state index in [2.05, 4.69) is 51.3 Å². The first-order valence-corrected chi connectivity index (χ1v) is 11.3. The molecule has 154 valence electrons. The Labute approximate surface area is 173 Å². The average Bonchev–Trinajstić information content (AvgIpc) is 3.29. The summed E-state index contributed by atoms with van der Waals surface area (Å²) in [6.45, 7) is 8.43. The Kier molecular flexibility index (Phi) is 8.03. The number of likely N-dealkylation sites (tertiary alicyclic amines) is 1. The van der Waals surface area contributed by atoms with Crippen LogP contribution >= 0.6 is 11.8 Å². The molecule has 2 fully saturated rings. The number of nitrogens with one attached hydrogen (secondary N) is 1. The highest BCUT2D eigenvalue weighted by Gasteiger charge is 2.30. The molecule has 0 saturated carbocycles. The number of amides is 1. The highest BCUT2D eigenvalue weighted by atomic mass is 32.2. The second-order valence-electron chi connectivity index (χ2n) is 7.37. The van der Waals surface area contributed by atoms with Crippen LogP contribution in [0.4, 0.5) is 0 Å². The van der Waals surface area contributed by atoms with Crippen molar-refractivity contribution in [1.29, 1.82) is 0 Å². The Morgan fingerprint density at radius 2 is 1.75 bits per heavy atom. The molecule has 1 amide bonds. The van der Waals surface area contributed by atoms with Gasteiger partial charge in [-0.15, -0.1) is 11.8 Å². The maximum atomic E-state index is 12.6. The fourth-order valence-corrected chi connectivity index (χ4v) is 4.65. The van der Waals surface area contributed by atoms with Crippen molar-refractivity contribution >= 4 is 23.6 Å². The SMILES string of the molecule is CN=C(NCCSc1ccccc1)N1CCN(C(C)C(=O)N2CCCC2)CC1. The summed E-state index contributed by atoms with van der Waals surface area (Å²) in [5, 5.41) is 3.48. The molecule has 7 heteroatoms. The van der Waals surface area contributed by atoms with Crippen molar-refractivity contribution in [3.63, 3.8) is 0 Å². The summed E-state index contributed by atoms with van der Waals surface area (Å²) >= 11 is 1.85. The van der Waals surface area contributed by atoms with Crippen LogP contribution in [0.2, 0.25) is 0 Å². The van der Waals surface area contributed by atoms with E-state index in [4.69, 9.17) is 0 Å². The summed E-state index contributed by atoms with van der Waals surface area (Å²) in [5.41, 5.74) is 0. The van der Waals surface area contributed by atoms with E-state index >= 15 is 0 Å². The number of hydrogen-bond acceptors (Lipinski definition) is 4. The van der Waals surface area contributed by atoms with Gasteiger partial charge in [0.25, 0.3) is 0 Å². The van der Waals surface area contributed by atoms with Gasteiger partial charge in [0.15, 0.2) is 5.96 Å². The summed E-state index contributed by atoms with van der Waals surface area (Å²) in [6, 6.07) is 10.5. The second kappa shape index (κ2) is 10.7. The van der Waals surface area contributed by atoms with Crippen molar-refractivity contribution in [3.8, 4) is 0 Å². The summed E-state index contributed by atoms with van der Waals surface area (Å²) in [6.07, 6.45) is 2.30. The quantitative estimate of drug-likeness (QED) is 0.341. The van der Waals surface area contributed by atoms with Gasteiger partial charge in [0, 0.05) is 63.5 Å². The predicted molar refractivity (Wildman–Crippen MR) is 117 cm³/mol. The standard InChI is InChI=1S/C21H33N5OS/c1-18(20(27)25-11-6-7-12-25)24-13-15-26(16-14-24)21(22-2)23-10-17-28-19-8-4-3-5-9-19/h3-5,8-9,18H,6-7,10-17H2,1-2H3,(H,22,23). The van der Waals surface area contributed by atoms with E-state index in [9.17, 15) is 4.79 Å². The van der Waals surface area contributed by atoms with Crippen LogP contribution in [0.5, 0.6) is 0 Å². The van der Waals surface area contributed by atoms with E-state index in [0.717, 1.165) is 70.4 Å². The zero-order chi connectivity index (χ0) is 19.8. The van der Waals surface area contributed by atoms with Gasteiger partial charge in [-0.25, -0.2) is 0 Å². The van der Waals surface area contributed by atoms with Gasteiger partial charge in [0.05, 0.1) is 6.04 Å². The first-order valence-electron chi connectivity index (χ1n) is 10.4. The Morgan fingerprint density at radius 3 is 2.39 bits per heavy atom. The van der Waals surface area contributed by atoms with Crippen molar-refractivity contribution in [2.24, 2.45) is 4.99 Å². The molecule has 2 saturated heterocycles. The molecular weight excluding hydrogens is 370 g/mol. The lowest BCUT2D eigenvalue weighted by atomic mass is 10.2. The monoisotopic (exact) mass is 403 g/mol. The molecular formula is C21H33N5OS. The highest BCUT2D eigenvalue weighted by Crippen LogP contribution is 2.16. The molecule has 0 radical (unpaired) electrons. The average molecular weight is 404 g/mol. The molecule has 2 aliphatic heterocycles. The van der Waals surface area contributed by atoms with Gasteiger partial charge in [-0.05, 0) is 31.9 Å². The molecule has 1 aromatic carbocycles. The number of carbonyl (C=O) groups is 1. The van der Waals surface area contributed by atoms with E-state index in [1.54, 1.807) is 0 Å². The van der Waals surface area contributed by atoms with Gasteiger partial charge in [-0.2, -0.15) is 0 Å². The van der Waals surface area contributed by atoms with Gasteiger partial charge in [0.1, 0.15) is 0 Å². The van der Waals surface area contributed by atoms with Gasteiger partial charge >= 0.3 is 0 Å². The molecule has 0 aliphatic carbocycles. The van der Waals surface area contributed by atoms with E-state index in [1.807, 2.05) is 29.8 Å². The van der Waals surface area contributed by atoms with E-state index in [-0.39, 0.29) is 6.04 Å². The topological polar surface area (TPSA) is 51.2 Å². The normalized spacial score (nSPS) is 19.7. The van der Waals surface area contributed by atoms with Gasteiger partial charge < -0.3 is 15.1 Å². The Morgan fingerprint density at radius 1 is 1.07 bits per heavy atom. The number of benzene rings is 1. The second-order valence-corrected chi connectivity index (χ2v) is 8.54. The van der Waals surface area contributed by atoms with Crippen molar-refractivity contribution in [2.75, 3.05) is 58.6 Å². The Hall–Kier alpha value is -1.73. The first-order chi connectivity index (χ1) is 13.7. The van der Waals surface area contributed by atoms with Crippen LogP contribution < -0.4 is 5.32 Å². The highest BCUT2D eigenvalue weighted by molar-refractivity contribution is 7.99. The number of thioether (sulfide) groups is 1. The van der Waals surface area contributed by atoms with Crippen molar-refractivity contribution < 1.29 is 4.79 Å². The third-order valence-electron chi connectivity index (χ3n) is 5.55. The molecule has 1 unspecified atom stereocenters. The molecule has 2 aliphatic rings. The summed E-state index contributed by atoms with van der Waals surface area (Å²) < 4.78 is 0. The molecule has 6 nitrogen and oxygen atoms in total. The molecule has 1 aromatic rings.